The highest BCUT2D eigenvalue weighted by atomic mass is 35.5. The molecule has 0 atom stereocenters. The van der Waals surface area contributed by atoms with Crippen LogP contribution in [0.1, 0.15) is 10.4 Å². The number of para-hydroxylation sites is 1. The lowest BCUT2D eigenvalue weighted by Crippen LogP contribution is -2.27. The number of carbonyl (C=O) groups is 2. The number of hydrogen-bond acceptors (Lipinski definition) is 3. The van der Waals surface area contributed by atoms with Crippen LogP contribution in [-0.4, -0.2) is 28.7 Å². The molecule has 0 radical (unpaired) electrons. The second kappa shape index (κ2) is 11.1. The number of anilines is 1. The van der Waals surface area contributed by atoms with Gasteiger partial charge < -0.3 is 15.2 Å². The second-order valence-electron chi connectivity index (χ2n) is 7.54. The highest BCUT2D eigenvalue weighted by Gasteiger charge is 2.14. The average Bonchev–Trinajstić information content (AvgIpc) is 3.17. The fourth-order valence-corrected chi connectivity index (χ4v) is 4.88. The van der Waals surface area contributed by atoms with Crippen molar-refractivity contribution in [3.8, 4) is 0 Å². The van der Waals surface area contributed by atoms with E-state index < -0.39 is 17.5 Å². The summed E-state index contributed by atoms with van der Waals surface area (Å²) >= 11 is 13.3. The molecule has 180 valence electrons. The number of amides is 2. The summed E-state index contributed by atoms with van der Waals surface area (Å²) < 4.78 is 28.8. The highest BCUT2D eigenvalue weighted by Crippen LogP contribution is 2.30. The Hall–Kier alpha value is -3.07. The van der Waals surface area contributed by atoms with Gasteiger partial charge in [-0.3, -0.25) is 9.59 Å². The molecule has 0 fully saturated rings. The van der Waals surface area contributed by atoms with Crippen LogP contribution in [0.2, 0.25) is 10.0 Å². The summed E-state index contributed by atoms with van der Waals surface area (Å²) in [5.74, 6) is -2.22. The number of aromatic nitrogens is 1. The molecular weight excluding hydrogens is 515 g/mol. The molecule has 0 aliphatic rings. The molecule has 0 saturated carbocycles. The molecule has 1 aromatic heterocycles. The van der Waals surface area contributed by atoms with Crippen LogP contribution in [0.15, 0.2) is 71.8 Å². The Kier molecular flexibility index (Phi) is 7.95. The minimum atomic E-state index is -0.832. The number of thioether (sulfide) groups is 1. The van der Waals surface area contributed by atoms with E-state index in [0.29, 0.717) is 23.7 Å². The van der Waals surface area contributed by atoms with Gasteiger partial charge in [0, 0.05) is 46.2 Å². The Balaban J connectivity index is 1.39. The fourth-order valence-electron chi connectivity index (χ4n) is 3.49. The van der Waals surface area contributed by atoms with Crippen molar-refractivity contribution >= 4 is 63.4 Å². The third kappa shape index (κ3) is 6.14. The van der Waals surface area contributed by atoms with Gasteiger partial charge in [0.1, 0.15) is 11.6 Å². The van der Waals surface area contributed by atoms with E-state index in [-0.39, 0.29) is 22.4 Å². The summed E-state index contributed by atoms with van der Waals surface area (Å²) in [6, 6.07) is 15.4. The van der Waals surface area contributed by atoms with Crippen molar-refractivity contribution in [1.29, 1.82) is 0 Å². The van der Waals surface area contributed by atoms with Gasteiger partial charge in [0.05, 0.1) is 22.0 Å². The van der Waals surface area contributed by atoms with Gasteiger partial charge in [-0.1, -0.05) is 41.4 Å². The third-order valence-corrected chi connectivity index (χ3v) is 6.72. The lowest BCUT2D eigenvalue weighted by atomic mass is 10.2. The topological polar surface area (TPSA) is 63.1 Å². The number of benzene rings is 3. The molecule has 0 spiro atoms. The maximum Gasteiger partial charge on any atom is 0.252 e. The maximum atomic E-state index is 13.8. The third-order valence-electron chi connectivity index (χ3n) is 5.13. The summed E-state index contributed by atoms with van der Waals surface area (Å²) in [5.41, 5.74) is 1.21. The SMILES string of the molecule is O=C(CSc1cn(CCNC(=O)c2ccc(Cl)cc2Cl)c2ccccc12)Nc1ccc(F)cc1F. The van der Waals surface area contributed by atoms with Crippen LogP contribution in [0.5, 0.6) is 0 Å². The standard InChI is InChI=1S/C25H19Cl2F2N3O2S/c26-15-5-7-17(19(27)11-15)25(34)30-9-10-32-13-23(18-3-1-2-4-22(18)32)35-14-24(33)31-21-8-6-16(28)12-20(21)29/h1-8,11-13H,9-10,14H2,(H,30,34)(H,31,33). The zero-order chi connectivity index (χ0) is 24.9. The summed E-state index contributed by atoms with van der Waals surface area (Å²) in [5, 5.41) is 6.98. The highest BCUT2D eigenvalue weighted by molar-refractivity contribution is 8.00. The summed E-state index contributed by atoms with van der Waals surface area (Å²) in [6.07, 6.45) is 1.91. The Bertz CT molecular complexity index is 1410. The van der Waals surface area contributed by atoms with E-state index in [0.717, 1.165) is 27.9 Å². The molecule has 4 aromatic rings. The zero-order valence-corrected chi connectivity index (χ0v) is 20.5. The summed E-state index contributed by atoms with van der Waals surface area (Å²) in [6.45, 7) is 0.843. The molecule has 0 unspecified atom stereocenters. The first kappa shape index (κ1) is 25.0. The van der Waals surface area contributed by atoms with Crippen LogP contribution in [0.3, 0.4) is 0 Å². The largest absolute Gasteiger partial charge is 0.350 e. The first-order valence-corrected chi connectivity index (χ1v) is 12.2. The van der Waals surface area contributed by atoms with Crippen molar-refractivity contribution < 1.29 is 18.4 Å². The van der Waals surface area contributed by atoms with Gasteiger partial charge in [0.25, 0.3) is 5.91 Å². The van der Waals surface area contributed by atoms with Gasteiger partial charge in [-0.15, -0.1) is 11.8 Å². The van der Waals surface area contributed by atoms with E-state index in [1.165, 1.54) is 23.9 Å². The number of rotatable bonds is 8. The van der Waals surface area contributed by atoms with Gasteiger partial charge in [-0.05, 0) is 36.4 Å². The van der Waals surface area contributed by atoms with E-state index in [9.17, 15) is 18.4 Å². The number of fused-ring (bicyclic) bond motifs is 1. The van der Waals surface area contributed by atoms with E-state index in [4.69, 9.17) is 23.2 Å². The predicted octanol–water partition coefficient (Wildman–Crippen LogP) is 6.39. The van der Waals surface area contributed by atoms with Crippen LogP contribution in [0.25, 0.3) is 10.9 Å². The van der Waals surface area contributed by atoms with Crippen LogP contribution in [0, 0.1) is 11.6 Å². The maximum absolute atomic E-state index is 13.8. The average molecular weight is 534 g/mol. The molecule has 2 N–H and O–H groups in total. The first-order chi connectivity index (χ1) is 16.8. The zero-order valence-electron chi connectivity index (χ0n) is 18.2. The minimum absolute atomic E-state index is 0.0383. The monoisotopic (exact) mass is 533 g/mol. The molecule has 10 heteroatoms. The lowest BCUT2D eigenvalue weighted by molar-refractivity contribution is -0.113. The van der Waals surface area contributed by atoms with Gasteiger partial charge >= 0.3 is 0 Å². The molecule has 1 heterocycles. The first-order valence-electron chi connectivity index (χ1n) is 10.5. The van der Waals surface area contributed by atoms with Crippen LogP contribution in [-0.2, 0) is 11.3 Å². The van der Waals surface area contributed by atoms with E-state index in [1.807, 2.05) is 35.0 Å². The normalized spacial score (nSPS) is 11.0. The molecule has 5 nitrogen and oxygen atoms in total. The van der Waals surface area contributed by atoms with E-state index in [1.54, 1.807) is 12.1 Å². The minimum Gasteiger partial charge on any atom is -0.350 e. The Morgan fingerprint density at radius 1 is 1.00 bits per heavy atom. The van der Waals surface area contributed by atoms with E-state index in [2.05, 4.69) is 10.6 Å². The van der Waals surface area contributed by atoms with E-state index >= 15 is 0 Å². The van der Waals surface area contributed by atoms with Gasteiger partial charge in [-0.2, -0.15) is 0 Å². The Morgan fingerprint density at radius 2 is 1.80 bits per heavy atom. The smallest absolute Gasteiger partial charge is 0.252 e. The van der Waals surface area contributed by atoms with Crippen molar-refractivity contribution in [1.82, 2.24) is 9.88 Å². The number of halogens is 4. The van der Waals surface area contributed by atoms with Crippen LogP contribution >= 0.6 is 35.0 Å². The second-order valence-corrected chi connectivity index (χ2v) is 9.41. The molecule has 2 amide bonds. The van der Waals surface area contributed by atoms with Crippen molar-refractivity contribution in [2.45, 2.75) is 11.4 Å². The van der Waals surface area contributed by atoms with Crippen molar-refractivity contribution in [3.63, 3.8) is 0 Å². The molecular formula is C25H19Cl2F2N3O2S. The van der Waals surface area contributed by atoms with Gasteiger partial charge in [0.2, 0.25) is 5.91 Å². The molecule has 0 aliphatic carbocycles. The lowest BCUT2D eigenvalue weighted by Gasteiger charge is -2.09. The summed E-state index contributed by atoms with van der Waals surface area (Å²) in [4.78, 5) is 25.7. The van der Waals surface area contributed by atoms with Crippen molar-refractivity contribution in [3.05, 3.63) is 94.1 Å². The fraction of sp³-hybridized carbons (Fsp3) is 0.120. The number of nitrogens with one attached hydrogen (secondary N) is 2. The van der Waals surface area contributed by atoms with Crippen LogP contribution < -0.4 is 10.6 Å². The van der Waals surface area contributed by atoms with Crippen molar-refractivity contribution in [2.24, 2.45) is 0 Å². The quantitative estimate of drug-likeness (QED) is 0.258. The Labute approximate surface area is 214 Å². The summed E-state index contributed by atoms with van der Waals surface area (Å²) in [7, 11) is 0. The molecule has 35 heavy (non-hydrogen) atoms. The molecule has 3 aromatic carbocycles. The number of nitrogens with zero attached hydrogens (tertiary/aromatic N) is 1. The predicted molar refractivity (Wildman–Crippen MR) is 136 cm³/mol. The molecule has 0 bridgehead atoms. The molecule has 0 aliphatic heterocycles. The Morgan fingerprint density at radius 3 is 2.57 bits per heavy atom. The number of carbonyl (C=O) groups excluding carboxylic acids is 2. The van der Waals surface area contributed by atoms with Gasteiger partial charge in [-0.25, -0.2) is 8.78 Å². The van der Waals surface area contributed by atoms with Gasteiger partial charge in [0.15, 0.2) is 0 Å². The number of hydrogen-bond donors (Lipinski definition) is 2. The van der Waals surface area contributed by atoms with Crippen LogP contribution in [0.4, 0.5) is 14.5 Å². The molecule has 0 saturated heterocycles. The molecule has 4 rings (SSSR count). The van der Waals surface area contributed by atoms with Crippen molar-refractivity contribution in [2.75, 3.05) is 17.6 Å².